The van der Waals surface area contributed by atoms with Gasteiger partial charge >= 0.3 is 0 Å². The van der Waals surface area contributed by atoms with Crippen molar-refractivity contribution >= 4 is 11.4 Å². The van der Waals surface area contributed by atoms with Crippen LogP contribution in [0.5, 0.6) is 0 Å². The Morgan fingerprint density at radius 3 is 3.38 bits per heavy atom. The summed E-state index contributed by atoms with van der Waals surface area (Å²) >= 11 is 0. The van der Waals surface area contributed by atoms with Crippen molar-refractivity contribution in [2.45, 2.75) is 13.0 Å². The van der Waals surface area contributed by atoms with Gasteiger partial charge in [-0.15, -0.1) is 0 Å². The Bertz CT molecular complexity index is 386. The summed E-state index contributed by atoms with van der Waals surface area (Å²) in [6, 6.07) is 1.94. The second kappa shape index (κ2) is 4.01. The van der Waals surface area contributed by atoms with E-state index in [-0.39, 0.29) is 0 Å². The summed E-state index contributed by atoms with van der Waals surface area (Å²) in [6.45, 7) is 4.16. The van der Waals surface area contributed by atoms with Crippen molar-refractivity contribution in [3.63, 3.8) is 0 Å². The average Bonchev–Trinajstić information content (AvgIpc) is 2.77. The van der Waals surface area contributed by atoms with Gasteiger partial charge in [0, 0.05) is 12.7 Å². The summed E-state index contributed by atoms with van der Waals surface area (Å²) in [5, 5.41) is 8.52. The van der Waals surface area contributed by atoms with Crippen molar-refractivity contribution in [1.29, 1.82) is 0 Å². The van der Waals surface area contributed by atoms with Crippen molar-refractivity contribution in [1.82, 2.24) is 15.6 Å². The Morgan fingerprint density at radius 1 is 1.62 bits per heavy atom. The van der Waals surface area contributed by atoms with Crippen LogP contribution in [0, 0.1) is 5.92 Å². The van der Waals surface area contributed by atoms with E-state index in [9.17, 15) is 0 Å². The molecule has 16 heavy (non-hydrogen) atoms. The molecule has 1 fully saturated rings. The summed E-state index contributed by atoms with van der Waals surface area (Å²) in [7, 11) is 0. The van der Waals surface area contributed by atoms with Gasteiger partial charge in [0.25, 0.3) is 0 Å². The van der Waals surface area contributed by atoms with E-state index in [0.717, 1.165) is 49.2 Å². The van der Waals surface area contributed by atoms with Gasteiger partial charge in [-0.1, -0.05) is 0 Å². The lowest BCUT2D eigenvalue weighted by Crippen LogP contribution is -2.24. The van der Waals surface area contributed by atoms with Crippen LogP contribution in [-0.2, 0) is 6.54 Å². The van der Waals surface area contributed by atoms with Gasteiger partial charge in [0.1, 0.15) is 5.69 Å². The molecular weight excluding hydrogens is 202 g/mol. The normalized spacial score (nSPS) is 22.3. The van der Waals surface area contributed by atoms with E-state index >= 15 is 0 Å². The van der Waals surface area contributed by atoms with Crippen molar-refractivity contribution in [2.75, 3.05) is 24.6 Å². The molecular formula is C11H17N5. The number of aromatic nitrogens is 1. The molecule has 2 aliphatic rings. The third-order valence-corrected chi connectivity index (χ3v) is 3.32. The average molecular weight is 219 g/mol. The van der Waals surface area contributed by atoms with Gasteiger partial charge in [-0.2, -0.15) is 0 Å². The fourth-order valence-corrected chi connectivity index (χ4v) is 2.31. The van der Waals surface area contributed by atoms with Gasteiger partial charge in [0.05, 0.1) is 11.4 Å². The number of pyridine rings is 1. The molecule has 2 aliphatic heterocycles. The number of nitrogens with two attached hydrogens (primary N) is 1. The second-order valence-corrected chi connectivity index (χ2v) is 4.49. The summed E-state index contributed by atoms with van der Waals surface area (Å²) in [4.78, 5) is 4.35. The van der Waals surface area contributed by atoms with Crippen LogP contribution in [0.4, 0.5) is 11.4 Å². The van der Waals surface area contributed by atoms with E-state index in [1.165, 1.54) is 6.42 Å². The molecule has 0 aromatic carbocycles. The number of rotatable bonds is 4. The molecule has 0 saturated carbocycles. The van der Waals surface area contributed by atoms with E-state index in [0.29, 0.717) is 0 Å². The number of nitrogens with one attached hydrogen (secondary N) is 2. The Kier molecular flexibility index (Phi) is 2.51. The lowest BCUT2D eigenvalue weighted by molar-refractivity contribution is 0.510. The summed E-state index contributed by atoms with van der Waals surface area (Å²) in [5.74, 6) is 6.51. The Balaban J connectivity index is 1.52. The van der Waals surface area contributed by atoms with Gasteiger partial charge in [0.15, 0.2) is 0 Å². The van der Waals surface area contributed by atoms with Gasteiger partial charge in [-0.3, -0.25) is 9.99 Å². The van der Waals surface area contributed by atoms with Crippen molar-refractivity contribution in [2.24, 2.45) is 11.8 Å². The zero-order valence-corrected chi connectivity index (χ0v) is 9.24. The minimum absolute atomic E-state index is 0.765. The Morgan fingerprint density at radius 2 is 2.56 bits per heavy atom. The number of fused-ring (bicyclic) bond motifs is 1. The maximum atomic E-state index is 5.75. The molecule has 3 rings (SSSR count). The highest BCUT2D eigenvalue weighted by Crippen LogP contribution is 2.45. The van der Waals surface area contributed by atoms with Crippen LogP contribution in [0.3, 0.4) is 0 Å². The van der Waals surface area contributed by atoms with E-state index in [1.54, 1.807) is 5.01 Å². The minimum atomic E-state index is 0.765. The van der Waals surface area contributed by atoms with Gasteiger partial charge in [-0.05, 0) is 38.0 Å². The molecule has 0 aliphatic carbocycles. The van der Waals surface area contributed by atoms with Gasteiger partial charge < -0.3 is 10.6 Å². The molecule has 1 unspecified atom stereocenters. The predicted molar refractivity (Wildman–Crippen MR) is 63.2 cm³/mol. The maximum Gasteiger partial charge on any atom is 0.106 e. The molecule has 3 heterocycles. The van der Waals surface area contributed by atoms with Crippen LogP contribution in [0.1, 0.15) is 12.1 Å². The smallest absolute Gasteiger partial charge is 0.106 e. The zero-order valence-electron chi connectivity index (χ0n) is 9.24. The quantitative estimate of drug-likeness (QED) is 0.495. The SMILES string of the molecule is NN1c2ccnc(CNCC3CCNC3)c21. The first kappa shape index (κ1) is 10.0. The van der Waals surface area contributed by atoms with Crippen LogP contribution in [0.25, 0.3) is 0 Å². The van der Waals surface area contributed by atoms with E-state index in [2.05, 4.69) is 15.6 Å². The second-order valence-electron chi connectivity index (χ2n) is 4.49. The molecule has 4 N–H and O–H groups in total. The largest absolute Gasteiger partial charge is 0.316 e. The van der Waals surface area contributed by atoms with Crippen LogP contribution < -0.4 is 21.5 Å². The maximum absolute atomic E-state index is 5.75. The van der Waals surface area contributed by atoms with Crippen molar-refractivity contribution in [3.05, 3.63) is 18.0 Å². The molecule has 5 heteroatoms. The lowest BCUT2D eigenvalue weighted by Gasteiger charge is -2.09. The fourth-order valence-electron chi connectivity index (χ4n) is 2.31. The molecule has 0 radical (unpaired) electrons. The number of hydrazine groups is 1. The molecule has 86 valence electrons. The number of nitrogens with zero attached hydrogens (tertiary/aromatic N) is 2. The topological polar surface area (TPSA) is 66.0 Å². The molecule has 5 nitrogen and oxygen atoms in total. The van der Waals surface area contributed by atoms with Crippen LogP contribution >= 0.6 is 0 Å². The highest BCUT2D eigenvalue weighted by molar-refractivity contribution is 5.92. The third-order valence-electron chi connectivity index (χ3n) is 3.32. The van der Waals surface area contributed by atoms with Gasteiger partial charge in [-0.25, -0.2) is 5.84 Å². The highest BCUT2D eigenvalue weighted by Gasteiger charge is 2.29. The molecule has 1 saturated heterocycles. The molecule has 0 spiro atoms. The third kappa shape index (κ3) is 1.77. The monoisotopic (exact) mass is 219 g/mol. The lowest BCUT2D eigenvalue weighted by atomic mass is 10.1. The molecule has 0 amide bonds. The number of hydrogen-bond acceptors (Lipinski definition) is 5. The first-order valence-electron chi connectivity index (χ1n) is 5.80. The summed E-state index contributed by atoms with van der Waals surface area (Å²) in [6.07, 6.45) is 3.09. The van der Waals surface area contributed by atoms with Crippen LogP contribution in [-0.4, -0.2) is 24.6 Å². The zero-order chi connectivity index (χ0) is 11.0. The molecule has 1 atom stereocenters. The van der Waals surface area contributed by atoms with Gasteiger partial charge in [0.2, 0.25) is 0 Å². The highest BCUT2D eigenvalue weighted by atomic mass is 15.5. The van der Waals surface area contributed by atoms with Crippen LogP contribution in [0.15, 0.2) is 12.3 Å². The first-order chi connectivity index (χ1) is 7.86. The minimum Gasteiger partial charge on any atom is -0.316 e. The van der Waals surface area contributed by atoms with E-state index in [1.807, 2.05) is 12.3 Å². The standard InChI is InChI=1S/C11H17N5/c12-16-10-2-4-15-9(11(10)16)7-14-6-8-1-3-13-5-8/h2,4,8,13-14H,1,3,5-7,12H2. The Labute approximate surface area is 95.0 Å². The van der Waals surface area contributed by atoms with Crippen molar-refractivity contribution in [3.8, 4) is 0 Å². The van der Waals surface area contributed by atoms with Crippen LogP contribution in [0.2, 0.25) is 0 Å². The molecule has 0 bridgehead atoms. The molecule has 1 aromatic rings. The fraction of sp³-hybridized carbons (Fsp3) is 0.545. The van der Waals surface area contributed by atoms with E-state index < -0.39 is 0 Å². The van der Waals surface area contributed by atoms with Crippen molar-refractivity contribution < 1.29 is 0 Å². The first-order valence-corrected chi connectivity index (χ1v) is 5.80. The van der Waals surface area contributed by atoms with E-state index in [4.69, 9.17) is 5.84 Å². The number of anilines is 2. The number of hydrogen-bond donors (Lipinski definition) is 3. The Hall–Kier alpha value is -1.17. The summed E-state index contributed by atoms with van der Waals surface area (Å²) in [5.41, 5.74) is 3.26. The predicted octanol–water partition coefficient (Wildman–Crippen LogP) is 0.106. The molecule has 1 aromatic heterocycles. The summed E-state index contributed by atoms with van der Waals surface area (Å²) < 4.78 is 0.